The molecule has 1 N–H and O–H groups in total. The molecule has 2 aliphatic heterocycles. The van der Waals surface area contributed by atoms with Crippen LogP contribution in [0.25, 0.3) is 28.0 Å². The summed E-state index contributed by atoms with van der Waals surface area (Å²) in [4.78, 5) is 25.1. The van der Waals surface area contributed by atoms with Gasteiger partial charge in [-0.2, -0.15) is 4.98 Å². The molecule has 0 unspecified atom stereocenters. The second kappa shape index (κ2) is 8.62. The van der Waals surface area contributed by atoms with Gasteiger partial charge in [0.25, 0.3) is 0 Å². The minimum atomic E-state index is -0.494. The summed E-state index contributed by atoms with van der Waals surface area (Å²) in [5.41, 5.74) is 1.92. The molecule has 4 aromatic rings. The van der Waals surface area contributed by atoms with Crippen LogP contribution in [0.2, 0.25) is 5.02 Å². The fraction of sp³-hybridized carbons (Fsp3) is 0.269. The number of benzene rings is 2. The molecule has 1 fully saturated rings. The van der Waals surface area contributed by atoms with Gasteiger partial charge in [0.15, 0.2) is 5.65 Å². The summed E-state index contributed by atoms with van der Waals surface area (Å²) in [7, 11) is 0. The number of ether oxygens (including phenoxy) is 1. The molecule has 7 nitrogen and oxygen atoms in total. The molecule has 2 aliphatic rings. The molecular formula is C26H23ClFN5O2. The number of nitrogens with zero attached hydrogens (tertiary/aromatic N) is 4. The molecule has 0 spiro atoms. The van der Waals surface area contributed by atoms with Gasteiger partial charge >= 0.3 is 5.69 Å². The number of hydrogen-bond donors (Lipinski definition) is 1. The van der Waals surface area contributed by atoms with Gasteiger partial charge in [-0.15, -0.1) is 0 Å². The van der Waals surface area contributed by atoms with Gasteiger partial charge in [0.2, 0.25) is 0 Å². The molecule has 2 bridgehead atoms. The van der Waals surface area contributed by atoms with Crippen molar-refractivity contribution in [1.82, 2.24) is 19.9 Å². The van der Waals surface area contributed by atoms with E-state index in [-0.39, 0.29) is 22.3 Å². The van der Waals surface area contributed by atoms with Gasteiger partial charge in [0, 0.05) is 32.1 Å². The Balaban J connectivity index is 1.74. The molecule has 0 saturated carbocycles. The van der Waals surface area contributed by atoms with Gasteiger partial charge in [0.1, 0.15) is 17.4 Å². The van der Waals surface area contributed by atoms with Crippen LogP contribution in [0, 0.1) is 5.82 Å². The van der Waals surface area contributed by atoms with Gasteiger partial charge in [-0.3, -0.25) is 0 Å². The van der Waals surface area contributed by atoms with Crippen molar-refractivity contribution in [3.63, 3.8) is 0 Å². The maximum Gasteiger partial charge on any atom is 0.355 e. The minimum absolute atomic E-state index is 0.120. The van der Waals surface area contributed by atoms with Crippen LogP contribution in [0.4, 0.5) is 10.2 Å². The van der Waals surface area contributed by atoms with E-state index >= 15 is 4.39 Å². The van der Waals surface area contributed by atoms with Crippen LogP contribution in [0.5, 0.6) is 5.75 Å². The third kappa shape index (κ3) is 3.64. The Bertz CT molecular complexity index is 1520. The summed E-state index contributed by atoms with van der Waals surface area (Å²) in [6.07, 6.45) is 0.514. The van der Waals surface area contributed by atoms with Crippen LogP contribution in [0.15, 0.2) is 53.3 Å². The average molecular weight is 492 g/mol. The quantitative estimate of drug-likeness (QED) is 0.434. The Hall–Kier alpha value is -3.49. The maximum absolute atomic E-state index is 15.1. The lowest BCUT2D eigenvalue weighted by Crippen LogP contribution is -2.50. The standard InChI is InChI=1S/C26H23ClFN5O2/c1-15-14-29-10-11-32(15)24-17-13-18(27)23-22-19(28)6-4-8-21(22)35-12-9-16-5-2-3-7-20(16)33(25(17)30-23)26(34)31-24/h2-8,13,15,29H,9-12,14H2,1H3/t15-/m0/s1. The Kier molecular flexibility index (Phi) is 5.42. The van der Waals surface area contributed by atoms with Crippen LogP contribution in [0.3, 0.4) is 0 Å². The average Bonchev–Trinajstić information content (AvgIpc) is 2.87. The molecule has 1 saturated heterocycles. The largest absolute Gasteiger partial charge is 0.492 e. The molecule has 1 atom stereocenters. The Labute approximate surface area is 206 Å². The zero-order valence-corrected chi connectivity index (χ0v) is 19.8. The first-order chi connectivity index (χ1) is 17.0. The van der Waals surface area contributed by atoms with Crippen LogP contribution in [0.1, 0.15) is 12.5 Å². The molecule has 2 aromatic heterocycles. The molecule has 4 heterocycles. The second-order valence-corrected chi connectivity index (χ2v) is 9.24. The first kappa shape index (κ1) is 22.0. The third-order valence-corrected chi connectivity index (χ3v) is 6.94. The first-order valence-electron chi connectivity index (χ1n) is 11.6. The summed E-state index contributed by atoms with van der Waals surface area (Å²) in [6.45, 7) is 4.60. The zero-order valence-electron chi connectivity index (χ0n) is 19.1. The summed E-state index contributed by atoms with van der Waals surface area (Å²) in [5, 5.41) is 4.26. The molecule has 2 aromatic carbocycles. The number of para-hydroxylation sites is 1. The highest BCUT2D eigenvalue weighted by Crippen LogP contribution is 2.39. The van der Waals surface area contributed by atoms with Crippen molar-refractivity contribution < 1.29 is 9.13 Å². The molecule has 0 radical (unpaired) electrons. The lowest BCUT2D eigenvalue weighted by molar-refractivity contribution is 0.321. The topological polar surface area (TPSA) is 72.3 Å². The van der Waals surface area contributed by atoms with Gasteiger partial charge < -0.3 is 15.0 Å². The highest BCUT2D eigenvalue weighted by Gasteiger charge is 2.27. The number of halogens is 2. The molecule has 178 valence electrons. The maximum atomic E-state index is 15.1. The van der Waals surface area contributed by atoms with Crippen LogP contribution < -0.4 is 20.6 Å². The molecule has 0 amide bonds. The number of pyridine rings is 1. The number of piperazine rings is 1. The number of hydrogen-bond acceptors (Lipinski definition) is 6. The number of aromatic nitrogens is 3. The van der Waals surface area contributed by atoms with E-state index in [4.69, 9.17) is 21.3 Å². The van der Waals surface area contributed by atoms with Crippen molar-refractivity contribution in [3.8, 4) is 22.7 Å². The summed E-state index contributed by atoms with van der Waals surface area (Å²) in [6, 6.07) is 14.1. The zero-order chi connectivity index (χ0) is 24.1. The van der Waals surface area contributed by atoms with Crippen molar-refractivity contribution in [2.24, 2.45) is 0 Å². The van der Waals surface area contributed by atoms with Crippen molar-refractivity contribution in [1.29, 1.82) is 0 Å². The smallest absolute Gasteiger partial charge is 0.355 e. The number of fused-ring (bicyclic) bond motifs is 5. The Morgan fingerprint density at radius 2 is 2.03 bits per heavy atom. The molecule has 35 heavy (non-hydrogen) atoms. The minimum Gasteiger partial charge on any atom is -0.492 e. The van der Waals surface area contributed by atoms with E-state index in [0.717, 1.165) is 18.7 Å². The lowest BCUT2D eigenvalue weighted by Gasteiger charge is -2.35. The van der Waals surface area contributed by atoms with E-state index in [2.05, 4.69) is 22.1 Å². The number of rotatable bonds is 1. The van der Waals surface area contributed by atoms with Crippen LogP contribution in [-0.2, 0) is 6.42 Å². The predicted molar refractivity (Wildman–Crippen MR) is 134 cm³/mol. The third-order valence-electron chi connectivity index (χ3n) is 6.65. The highest BCUT2D eigenvalue weighted by molar-refractivity contribution is 6.34. The fourth-order valence-corrected chi connectivity index (χ4v) is 5.18. The second-order valence-electron chi connectivity index (χ2n) is 8.83. The van der Waals surface area contributed by atoms with Crippen molar-refractivity contribution in [2.75, 3.05) is 31.1 Å². The number of nitrogens with one attached hydrogen (secondary N) is 1. The van der Waals surface area contributed by atoms with Crippen LogP contribution in [-0.4, -0.2) is 46.8 Å². The van der Waals surface area contributed by atoms with Crippen molar-refractivity contribution in [3.05, 3.63) is 75.4 Å². The van der Waals surface area contributed by atoms with E-state index in [1.54, 1.807) is 18.2 Å². The summed E-state index contributed by atoms with van der Waals surface area (Å²) >= 11 is 6.75. The summed E-state index contributed by atoms with van der Waals surface area (Å²) < 4.78 is 22.7. The van der Waals surface area contributed by atoms with E-state index in [1.165, 1.54) is 10.6 Å². The normalized spacial score (nSPS) is 17.5. The van der Waals surface area contributed by atoms with E-state index < -0.39 is 11.5 Å². The molecule has 6 rings (SSSR count). The Morgan fingerprint density at radius 3 is 2.89 bits per heavy atom. The molecule has 0 aliphatic carbocycles. The number of anilines is 1. The highest BCUT2D eigenvalue weighted by atomic mass is 35.5. The van der Waals surface area contributed by atoms with Crippen molar-refractivity contribution in [2.45, 2.75) is 19.4 Å². The predicted octanol–water partition coefficient (Wildman–Crippen LogP) is 3.97. The molecule has 9 heteroatoms. The SMILES string of the molecule is C[C@H]1CNCCN1c1nc(=O)n2c3nc(c(Cl)cc13)-c1c(F)cccc1OCCc1ccccc1-2. The van der Waals surface area contributed by atoms with E-state index in [1.807, 2.05) is 24.3 Å². The molecular weight excluding hydrogens is 469 g/mol. The van der Waals surface area contributed by atoms with Gasteiger partial charge in [-0.1, -0.05) is 35.9 Å². The lowest BCUT2D eigenvalue weighted by atomic mass is 10.1. The Morgan fingerprint density at radius 1 is 1.17 bits per heavy atom. The van der Waals surface area contributed by atoms with E-state index in [9.17, 15) is 4.79 Å². The fourth-order valence-electron chi connectivity index (χ4n) is 4.94. The van der Waals surface area contributed by atoms with Gasteiger partial charge in [-0.25, -0.2) is 18.7 Å². The van der Waals surface area contributed by atoms with Crippen LogP contribution >= 0.6 is 11.6 Å². The van der Waals surface area contributed by atoms with Gasteiger partial charge in [0.05, 0.1) is 34.0 Å². The van der Waals surface area contributed by atoms with Gasteiger partial charge in [-0.05, 0) is 36.8 Å². The van der Waals surface area contributed by atoms with E-state index in [0.29, 0.717) is 47.9 Å². The van der Waals surface area contributed by atoms with Crippen molar-refractivity contribution >= 4 is 28.5 Å². The first-order valence-corrected chi connectivity index (χ1v) is 12.0. The monoisotopic (exact) mass is 491 g/mol. The summed E-state index contributed by atoms with van der Waals surface area (Å²) in [5.74, 6) is 0.400.